The molecule has 3 saturated carbocycles. The predicted octanol–water partition coefficient (Wildman–Crippen LogP) is 3.21. The van der Waals surface area contributed by atoms with E-state index in [1.807, 2.05) is 119 Å². The molecule has 0 spiro atoms. The number of ether oxygens (including phenoxy) is 3. The fraction of sp³-hybridized carbons (Fsp3) is 0.600. The van der Waals surface area contributed by atoms with Crippen molar-refractivity contribution in [2.75, 3.05) is 41.0 Å². The van der Waals surface area contributed by atoms with Gasteiger partial charge in [-0.05, 0) is 108 Å². The molecule has 428 valence electrons. The lowest BCUT2D eigenvalue weighted by Gasteiger charge is -2.51. The highest BCUT2D eigenvalue weighted by Crippen LogP contribution is 2.49. The van der Waals surface area contributed by atoms with Gasteiger partial charge in [-0.15, -0.1) is 0 Å². The van der Waals surface area contributed by atoms with Gasteiger partial charge in [0, 0.05) is 93.3 Å². The van der Waals surface area contributed by atoms with Crippen LogP contribution in [-0.2, 0) is 48.4 Å². The average molecular weight is 1090 g/mol. The Kier molecular flexibility index (Phi) is 16.8. The number of likely N-dealkylation sites (tertiary alicyclic amines) is 3. The van der Waals surface area contributed by atoms with Crippen LogP contribution in [0.5, 0.6) is 17.2 Å². The van der Waals surface area contributed by atoms with Gasteiger partial charge < -0.3 is 52.3 Å². The minimum absolute atomic E-state index is 0.0239. The summed E-state index contributed by atoms with van der Waals surface area (Å²) in [6.45, 7) is 15.0. The van der Waals surface area contributed by atoms with E-state index in [1.54, 1.807) is 21.3 Å². The number of nitrogens with zero attached hydrogens (tertiary/aromatic N) is 3. The number of hydrogen-bond donors (Lipinski definition) is 7. The summed E-state index contributed by atoms with van der Waals surface area (Å²) in [5, 5.41) is 16.4. The number of rotatable bonds is 20. The summed E-state index contributed by atoms with van der Waals surface area (Å²) >= 11 is 0. The Morgan fingerprint density at radius 3 is 1.03 bits per heavy atom. The Morgan fingerprint density at radius 2 is 0.747 bits per heavy atom. The summed E-state index contributed by atoms with van der Waals surface area (Å²) < 4.78 is 16.1. The molecule has 0 bridgehead atoms. The van der Waals surface area contributed by atoms with Crippen molar-refractivity contribution in [1.29, 1.82) is 0 Å². The molecule has 6 amide bonds. The molecule has 3 aromatic carbocycles. The van der Waals surface area contributed by atoms with E-state index < -0.39 is 34.9 Å². The van der Waals surface area contributed by atoms with Crippen molar-refractivity contribution in [2.45, 2.75) is 154 Å². The molecule has 0 radical (unpaired) electrons. The van der Waals surface area contributed by atoms with Crippen LogP contribution < -0.4 is 52.3 Å². The average Bonchev–Trinajstić information content (AvgIpc) is 4.17. The van der Waals surface area contributed by atoms with Crippen LogP contribution in [0.3, 0.4) is 0 Å². The smallest absolute Gasteiger partial charge is 0.237 e. The number of methoxy groups -OCH3 is 3. The highest BCUT2D eigenvalue weighted by atomic mass is 16.5. The number of nitrogens with one attached hydrogen (secondary N) is 5. The van der Waals surface area contributed by atoms with E-state index in [0.29, 0.717) is 77.8 Å². The maximum atomic E-state index is 14.5. The number of nitrogens with two attached hydrogens (primary N) is 2. The molecule has 3 aromatic rings. The summed E-state index contributed by atoms with van der Waals surface area (Å²) in [6.07, 6.45) is 2.80. The van der Waals surface area contributed by atoms with Crippen molar-refractivity contribution in [3.05, 3.63) is 89.5 Å². The second kappa shape index (κ2) is 23.1. The van der Waals surface area contributed by atoms with E-state index in [9.17, 15) is 28.8 Å². The van der Waals surface area contributed by atoms with Crippen molar-refractivity contribution < 1.29 is 43.0 Å². The topological polar surface area (TPSA) is 252 Å². The maximum Gasteiger partial charge on any atom is 0.237 e. The fourth-order valence-electron chi connectivity index (χ4n) is 13.4. The number of carbonyl (C=O) groups excluding carboxylic acids is 6. The zero-order valence-corrected chi connectivity index (χ0v) is 47.5. The molecule has 0 aromatic heterocycles. The molecule has 19 heteroatoms. The van der Waals surface area contributed by atoms with E-state index in [2.05, 4.69) is 36.4 Å². The Bertz CT molecular complexity index is 2720. The Hall–Kier alpha value is -6.28. The summed E-state index contributed by atoms with van der Waals surface area (Å²) in [7, 11) is 4.85. The number of hydrogen-bond acceptors (Lipinski definition) is 13. The van der Waals surface area contributed by atoms with Crippen molar-refractivity contribution in [3.8, 4) is 17.2 Å². The first kappa shape index (κ1) is 57.4. The highest BCUT2D eigenvalue weighted by molar-refractivity contribution is 5.87. The van der Waals surface area contributed by atoms with Gasteiger partial charge in [-0.3, -0.25) is 43.5 Å². The van der Waals surface area contributed by atoms with Crippen molar-refractivity contribution >= 4 is 35.4 Å². The lowest BCUT2D eigenvalue weighted by Crippen LogP contribution is -2.64. The molecule has 12 atom stereocenters. The molecule has 3 heterocycles. The van der Waals surface area contributed by atoms with Crippen molar-refractivity contribution in [2.24, 2.45) is 45.5 Å². The van der Waals surface area contributed by atoms with Gasteiger partial charge in [0.25, 0.3) is 0 Å². The van der Waals surface area contributed by atoms with Crippen molar-refractivity contribution in [1.82, 2.24) is 41.3 Å². The maximum absolute atomic E-state index is 14.5. The Labute approximate surface area is 465 Å². The van der Waals surface area contributed by atoms with E-state index in [4.69, 9.17) is 25.7 Å². The van der Waals surface area contributed by atoms with E-state index >= 15 is 0 Å². The van der Waals surface area contributed by atoms with E-state index in [1.165, 1.54) is 0 Å². The number of carbonyl (C=O) groups is 6. The van der Waals surface area contributed by atoms with Gasteiger partial charge in [-0.25, -0.2) is 0 Å². The largest absolute Gasteiger partial charge is 0.497 e. The molecule has 6 fully saturated rings. The van der Waals surface area contributed by atoms with Crippen LogP contribution in [0.15, 0.2) is 72.8 Å². The third-order valence-corrected chi connectivity index (χ3v) is 19.3. The minimum atomic E-state index is -0.573. The first-order valence-electron chi connectivity index (χ1n) is 28.2. The van der Waals surface area contributed by atoms with Gasteiger partial charge in [0.05, 0.1) is 39.5 Å². The van der Waals surface area contributed by atoms with Gasteiger partial charge in [0.2, 0.25) is 35.4 Å². The Morgan fingerprint density at radius 1 is 0.443 bits per heavy atom. The summed E-state index contributed by atoms with van der Waals surface area (Å²) in [6, 6.07) is 20.2. The first-order chi connectivity index (χ1) is 37.5. The number of primary amides is 1. The van der Waals surface area contributed by atoms with Crippen LogP contribution in [0.4, 0.5) is 0 Å². The lowest BCUT2D eigenvalue weighted by molar-refractivity contribution is -0.142. The third-order valence-electron chi connectivity index (χ3n) is 19.3. The number of benzene rings is 3. The fourth-order valence-corrected chi connectivity index (χ4v) is 13.4. The van der Waals surface area contributed by atoms with Crippen LogP contribution >= 0.6 is 0 Å². The Balaban J connectivity index is 0.802. The van der Waals surface area contributed by atoms with Gasteiger partial charge >= 0.3 is 0 Å². The van der Waals surface area contributed by atoms with Crippen molar-refractivity contribution in [3.63, 3.8) is 0 Å². The van der Waals surface area contributed by atoms with E-state index in [-0.39, 0.29) is 89.0 Å². The quantitative estimate of drug-likeness (QED) is 0.0860. The van der Waals surface area contributed by atoms with Crippen LogP contribution in [0.2, 0.25) is 0 Å². The molecule has 6 aliphatic rings. The summed E-state index contributed by atoms with van der Waals surface area (Å²) in [5.41, 5.74) is 13.7. The first-order valence-corrected chi connectivity index (χ1v) is 28.2. The molecular formula is C60H84N10O9. The predicted molar refractivity (Wildman–Crippen MR) is 298 cm³/mol. The molecule has 9 rings (SSSR count). The lowest BCUT2D eigenvalue weighted by atomic mass is 9.58. The van der Waals surface area contributed by atoms with E-state index in [0.717, 1.165) is 33.9 Å². The minimum Gasteiger partial charge on any atom is -0.497 e. The van der Waals surface area contributed by atoms with Gasteiger partial charge in [-0.1, -0.05) is 77.9 Å². The molecule has 9 N–H and O–H groups in total. The van der Waals surface area contributed by atoms with Crippen LogP contribution in [0.25, 0.3) is 0 Å². The highest BCUT2D eigenvalue weighted by Gasteiger charge is 2.56. The van der Waals surface area contributed by atoms with Crippen LogP contribution in [0.1, 0.15) is 96.8 Å². The molecule has 3 aliphatic heterocycles. The van der Waals surface area contributed by atoms with Crippen LogP contribution in [-0.4, -0.2) is 145 Å². The molecular weight excluding hydrogens is 1000 g/mol. The molecule has 3 aliphatic carbocycles. The third kappa shape index (κ3) is 12.1. The molecule has 3 saturated heterocycles. The molecule has 79 heavy (non-hydrogen) atoms. The standard InChI is InChI=1S/C60H84N10O9/c1-58(2)43(25-49(58)61)53(72)64-38-23-47(69(32-38)29-35-12-18-41(78-8)19-13-35)56(75)67-51-27-45(60(51,5)6)55(74)65-39-24-48(70(33-39)30-36-14-20-42(79-9)21-15-36)57(76)66-50-26-44(59(50,3)4)54(73)63-37-22-46(52(62)71)68(31-37)28-34-10-16-40(77-7)17-11-34/h10-21,37-39,43-51H,22-33,61H2,1-9H3,(H2,62,71)(H,63,73)(H,64,72)(H,65,74)(H,66,76)(H,67,75)/t37-,38-,39-,43+,44+,45+,46-,47-,48-,49+,50?,51+/m0/s1. The SMILES string of the molecule is COc1ccc(CN2C[C@@H](NC(=O)[C@H]3CC(NC(=O)[C@@H]4C[C@H](NC(=O)[C@H]5C[C@@H](NC(=O)[C@@H]6C[C@H](NC(=O)[C@H]7C[C@@H](N)C7(C)C)CN6Cc6ccc(OC)cc6)C5(C)C)CN4Cc4ccc(OC)cc4)C3(C)C)C[C@H]2C(N)=O)cc1. The molecule has 1 unspecified atom stereocenters. The van der Waals surface area contributed by atoms with Gasteiger partial charge in [-0.2, -0.15) is 0 Å². The monoisotopic (exact) mass is 1090 g/mol. The molecule has 19 nitrogen and oxygen atoms in total. The van der Waals surface area contributed by atoms with Crippen LogP contribution in [0, 0.1) is 34.0 Å². The van der Waals surface area contributed by atoms with Gasteiger partial charge in [0.1, 0.15) is 17.2 Å². The summed E-state index contributed by atoms with van der Waals surface area (Å²) in [4.78, 5) is 89.4. The normalized spacial score (nSPS) is 30.6. The zero-order chi connectivity index (χ0) is 56.7. The second-order valence-corrected chi connectivity index (χ2v) is 25.2. The zero-order valence-electron chi connectivity index (χ0n) is 47.5. The summed E-state index contributed by atoms with van der Waals surface area (Å²) in [5.74, 6) is 0.304. The van der Waals surface area contributed by atoms with Gasteiger partial charge in [0.15, 0.2) is 0 Å². The number of amides is 6. The second-order valence-electron chi connectivity index (χ2n) is 25.2.